The van der Waals surface area contributed by atoms with Crippen LogP contribution in [0, 0.1) is 5.41 Å². The molecule has 0 bridgehead atoms. The Balaban J connectivity index is 1.88. The van der Waals surface area contributed by atoms with Crippen LogP contribution in [-0.2, 0) is 4.79 Å². The minimum absolute atomic E-state index is 0.103. The van der Waals surface area contributed by atoms with Gasteiger partial charge in [0, 0.05) is 20.1 Å². The molecule has 1 aliphatic heterocycles. The summed E-state index contributed by atoms with van der Waals surface area (Å²) in [6, 6.07) is 10.3. The Morgan fingerprint density at radius 2 is 2.00 bits per heavy atom. The van der Waals surface area contributed by atoms with E-state index in [2.05, 4.69) is 36.2 Å². The highest BCUT2D eigenvalue weighted by molar-refractivity contribution is 5.78. The number of rotatable bonds is 6. The zero-order valence-electron chi connectivity index (χ0n) is 14.3. The molecule has 1 aromatic rings. The zero-order valence-corrected chi connectivity index (χ0v) is 14.3. The predicted molar refractivity (Wildman–Crippen MR) is 90.7 cm³/mol. The summed E-state index contributed by atoms with van der Waals surface area (Å²) in [5.41, 5.74) is 1.46. The number of carbonyl (C=O) groups is 1. The smallest absolute Gasteiger partial charge is 0.236 e. The fourth-order valence-corrected chi connectivity index (χ4v) is 3.22. The van der Waals surface area contributed by atoms with Crippen molar-refractivity contribution in [3.8, 4) is 0 Å². The van der Waals surface area contributed by atoms with Gasteiger partial charge in [-0.3, -0.25) is 9.69 Å². The van der Waals surface area contributed by atoms with Gasteiger partial charge in [-0.1, -0.05) is 37.3 Å². The maximum atomic E-state index is 12.5. The Labute approximate surface area is 134 Å². The summed E-state index contributed by atoms with van der Waals surface area (Å²) in [6.45, 7) is 7.94. The van der Waals surface area contributed by atoms with Gasteiger partial charge in [0.2, 0.25) is 5.91 Å². The van der Waals surface area contributed by atoms with Crippen molar-refractivity contribution >= 4 is 5.91 Å². The van der Waals surface area contributed by atoms with E-state index in [1.165, 1.54) is 12.0 Å². The second kappa shape index (κ2) is 7.25. The van der Waals surface area contributed by atoms with Crippen LogP contribution in [0.15, 0.2) is 30.3 Å². The van der Waals surface area contributed by atoms with E-state index in [0.29, 0.717) is 12.0 Å². The number of benzene rings is 1. The van der Waals surface area contributed by atoms with Gasteiger partial charge in [0.25, 0.3) is 0 Å². The fraction of sp³-hybridized carbons (Fsp3) is 0.611. The lowest BCUT2D eigenvalue weighted by Gasteiger charge is -2.31. The molecule has 22 heavy (non-hydrogen) atoms. The maximum absolute atomic E-state index is 12.5. The molecule has 2 rings (SSSR count). The van der Waals surface area contributed by atoms with Crippen molar-refractivity contribution in [3.63, 3.8) is 0 Å². The van der Waals surface area contributed by atoms with E-state index in [0.717, 1.165) is 19.6 Å². The third-order valence-corrected chi connectivity index (χ3v) is 4.77. The van der Waals surface area contributed by atoms with E-state index >= 15 is 0 Å². The highest BCUT2D eigenvalue weighted by atomic mass is 16.2. The van der Waals surface area contributed by atoms with Gasteiger partial charge in [0.15, 0.2) is 0 Å². The molecule has 1 amide bonds. The van der Waals surface area contributed by atoms with Crippen molar-refractivity contribution in [2.45, 2.75) is 26.3 Å². The summed E-state index contributed by atoms with van der Waals surface area (Å²) in [6.07, 6.45) is 1.18. The number of carbonyl (C=O) groups excluding carboxylic acids is 1. The van der Waals surface area contributed by atoms with Gasteiger partial charge in [-0.15, -0.1) is 0 Å². The summed E-state index contributed by atoms with van der Waals surface area (Å²) in [5.74, 6) is 0.174. The molecule has 4 heteroatoms. The van der Waals surface area contributed by atoms with Crippen molar-refractivity contribution in [2.24, 2.45) is 5.41 Å². The lowest BCUT2D eigenvalue weighted by molar-refractivity contribution is -0.133. The minimum atomic E-state index is 0.103. The van der Waals surface area contributed by atoms with Gasteiger partial charge < -0.3 is 10.2 Å². The van der Waals surface area contributed by atoms with Gasteiger partial charge in [-0.05, 0) is 37.9 Å². The Morgan fingerprint density at radius 1 is 1.32 bits per heavy atom. The van der Waals surface area contributed by atoms with Crippen LogP contribution < -0.4 is 5.32 Å². The Morgan fingerprint density at radius 3 is 2.59 bits per heavy atom. The second-order valence-electron chi connectivity index (χ2n) is 7.00. The molecule has 122 valence electrons. The Kier molecular flexibility index (Phi) is 5.59. The largest absolute Gasteiger partial charge is 0.338 e. The van der Waals surface area contributed by atoms with E-state index in [1.54, 1.807) is 0 Å². The Hall–Kier alpha value is -1.39. The first kappa shape index (κ1) is 17.0. The van der Waals surface area contributed by atoms with Crippen molar-refractivity contribution in [2.75, 3.05) is 40.3 Å². The number of likely N-dealkylation sites (N-methyl/N-ethyl adjacent to an activating group) is 2. The first-order valence-corrected chi connectivity index (χ1v) is 8.11. The number of hydrogen-bond donors (Lipinski definition) is 1. The molecule has 1 heterocycles. The maximum Gasteiger partial charge on any atom is 0.236 e. The summed E-state index contributed by atoms with van der Waals surface area (Å²) < 4.78 is 0. The molecule has 1 fully saturated rings. The fourth-order valence-electron chi connectivity index (χ4n) is 3.22. The predicted octanol–water partition coefficient (Wildman–Crippen LogP) is 2.14. The number of hydrogen-bond acceptors (Lipinski definition) is 3. The summed E-state index contributed by atoms with van der Waals surface area (Å²) in [4.78, 5) is 16.5. The van der Waals surface area contributed by atoms with E-state index in [-0.39, 0.29) is 11.9 Å². The molecular formula is C18H29N3O. The van der Waals surface area contributed by atoms with Crippen LogP contribution in [0.4, 0.5) is 0 Å². The summed E-state index contributed by atoms with van der Waals surface area (Å²) in [7, 11) is 3.94. The number of nitrogens with one attached hydrogen (secondary N) is 1. The molecule has 4 nitrogen and oxygen atoms in total. The lowest BCUT2D eigenvalue weighted by atomic mass is 9.89. The van der Waals surface area contributed by atoms with Crippen LogP contribution in [0.2, 0.25) is 0 Å². The molecule has 1 aliphatic rings. The zero-order chi connectivity index (χ0) is 16.2. The average molecular weight is 303 g/mol. The van der Waals surface area contributed by atoms with E-state index in [4.69, 9.17) is 0 Å². The molecule has 0 aromatic heterocycles. The van der Waals surface area contributed by atoms with E-state index in [1.807, 2.05) is 37.2 Å². The first-order chi connectivity index (χ1) is 10.4. The minimum Gasteiger partial charge on any atom is -0.338 e. The molecule has 1 N–H and O–H groups in total. The summed E-state index contributed by atoms with van der Waals surface area (Å²) >= 11 is 0. The van der Waals surface area contributed by atoms with E-state index in [9.17, 15) is 4.79 Å². The standard InChI is InChI=1S/C18H29N3O/c1-15(16-8-6-5-7-9-16)21(4)17(22)12-20(3)14-18(2)10-11-19-13-18/h5-9,15,19H,10-14H2,1-4H3. The molecular weight excluding hydrogens is 274 g/mol. The molecule has 2 atom stereocenters. The molecule has 0 radical (unpaired) electrons. The number of nitrogens with zero attached hydrogens (tertiary/aromatic N) is 2. The van der Waals surface area contributed by atoms with Crippen LogP contribution in [0.3, 0.4) is 0 Å². The van der Waals surface area contributed by atoms with Crippen LogP contribution in [0.1, 0.15) is 31.9 Å². The van der Waals surface area contributed by atoms with E-state index < -0.39 is 0 Å². The van der Waals surface area contributed by atoms with Crippen molar-refractivity contribution in [1.82, 2.24) is 15.1 Å². The molecule has 1 saturated heterocycles. The second-order valence-corrected chi connectivity index (χ2v) is 7.00. The molecule has 2 unspecified atom stereocenters. The van der Waals surface area contributed by atoms with Gasteiger partial charge in [0.05, 0.1) is 12.6 Å². The molecule has 0 spiro atoms. The first-order valence-electron chi connectivity index (χ1n) is 8.11. The lowest BCUT2D eigenvalue weighted by Crippen LogP contribution is -2.42. The Bertz CT molecular complexity index is 482. The molecule has 0 saturated carbocycles. The van der Waals surface area contributed by atoms with Crippen LogP contribution in [0.25, 0.3) is 0 Å². The van der Waals surface area contributed by atoms with Crippen molar-refractivity contribution in [3.05, 3.63) is 35.9 Å². The summed E-state index contributed by atoms with van der Waals surface area (Å²) in [5, 5.41) is 3.41. The molecule has 1 aromatic carbocycles. The van der Waals surface area contributed by atoms with Crippen LogP contribution in [-0.4, -0.2) is 56.0 Å². The quantitative estimate of drug-likeness (QED) is 0.874. The number of amides is 1. The third kappa shape index (κ3) is 4.31. The topological polar surface area (TPSA) is 35.6 Å². The van der Waals surface area contributed by atoms with Crippen molar-refractivity contribution < 1.29 is 4.79 Å². The highest BCUT2D eigenvalue weighted by Crippen LogP contribution is 2.25. The molecule has 0 aliphatic carbocycles. The normalized spacial score (nSPS) is 22.8. The van der Waals surface area contributed by atoms with Gasteiger partial charge in [-0.25, -0.2) is 0 Å². The van der Waals surface area contributed by atoms with Gasteiger partial charge in [-0.2, -0.15) is 0 Å². The monoisotopic (exact) mass is 303 g/mol. The third-order valence-electron chi connectivity index (χ3n) is 4.77. The average Bonchev–Trinajstić information content (AvgIpc) is 2.92. The highest BCUT2D eigenvalue weighted by Gasteiger charge is 2.30. The van der Waals surface area contributed by atoms with Crippen molar-refractivity contribution in [1.29, 1.82) is 0 Å². The van der Waals surface area contributed by atoms with Gasteiger partial charge in [0.1, 0.15) is 0 Å². The van der Waals surface area contributed by atoms with Crippen LogP contribution in [0.5, 0.6) is 0 Å². The van der Waals surface area contributed by atoms with Gasteiger partial charge >= 0.3 is 0 Å². The SMILES string of the molecule is CC(c1ccccc1)N(C)C(=O)CN(C)CC1(C)CCNC1. The van der Waals surface area contributed by atoms with Crippen LogP contribution >= 0.6 is 0 Å².